The van der Waals surface area contributed by atoms with Gasteiger partial charge in [-0.2, -0.15) is 0 Å². The summed E-state index contributed by atoms with van der Waals surface area (Å²) in [6.45, 7) is 1.75. The van der Waals surface area contributed by atoms with Gasteiger partial charge in [0.15, 0.2) is 6.61 Å². The summed E-state index contributed by atoms with van der Waals surface area (Å²) in [6, 6.07) is 4.16. The van der Waals surface area contributed by atoms with Gasteiger partial charge in [-0.05, 0) is 18.6 Å². The number of ether oxygens (including phenoxy) is 1. The van der Waals surface area contributed by atoms with E-state index < -0.39 is 5.82 Å². The molecule has 0 aliphatic rings. The van der Waals surface area contributed by atoms with Crippen molar-refractivity contribution in [2.45, 2.75) is 6.92 Å². The molecule has 0 saturated carbocycles. The van der Waals surface area contributed by atoms with E-state index in [1.54, 1.807) is 13.0 Å². The van der Waals surface area contributed by atoms with Crippen molar-refractivity contribution in [3.63, 3.8) is 0 Å². The Morgan fingerprint density at radius 3 is 3.06 bits per heavy atom. The summed E-state index contributed by atoms with van der Waals surface area (Å²) in [5.41, 5.74) is 0.770. The van der Waals surface area contributed by atoms with Gasteiger partial charge in [-0.1, -0.05) is 12.0 Å². The third-order valence-corrected chi connectivity index (χ3v) is 1.90. The molecule has 1 aromatic rings. The van der Waals surface area contributed by atoms with Crippen LogP contribution in [0.3, 0.4) is 0 Å². The van der Waals surface area contributed by atoms with Gasteiger partial charge in [0.25, 0.3) is 5.91 Å². The number of benzene rings is 1. The van der Waals surface area contributed by atoms with E-state index in [4.69, 9.17) is 11.2 Å². The van der Waals surface area contributed by atoms with Crippen molar-refractivity contribution in [3.8, 4) is 18.1 Å². The Bertz CT molecular complexity index is 424. The van der Waals surface area contributed by atoms with Crippen LogP contribution in [0.1, 0.15) is 5.56 Å². The first-order chi connectivity index (χ1) is 7.63. The highest BCUT2D eigenvalue weighted by molar-refractivity contribution is 5.77. The second-order valence-corrected chi connectivity index (χ2v) is 3.18. The summed E-state index contributed by atoms with van der Waals surface area (Å²) in [4.78, 5) is 11.1. The highest BCUT2D eigenvalue weighted by Crippen LogP contribution is 2.18. The van der Waals surface area contributed by atoms with Crippen molar-refractivity contribution < 1.29 is 13.9 Å². The van der Waals surface area contributed by atoms with E-state index >= 15 is 0 Å². The SMILES string of the molecule is C#CCNC(=O)COc1cc(F)ccc1C. The van der Waals surface area contributed by atoms with Gasteiger partial charge < -0.3 is 10.1 Å². The van der Waals surface area contributed by atoms with Crippen molar-refractivity contribution in [2.24, 2.45) is 0 Å². The molecule has 0 spiro atoms. The third-order valence-electron chi connectivity index (χ3n) is 1.90. The largest absolute Gasteiger partial charge is 0.483 e. The molecule has 0 fully saturated rings. The molecule has 1 rings (SSSR count). The Morgan fingerprint density at radius 2 is 2.38 bits per heavy atom. The van der Waals surface area contributed by atoms with E-state index in [2.05, 4.69) is 11.2 Å². The van der Waals surface area contributed by atoms with Crippen molar-refractivity contribution in [1.29, 1.82) is 0 Å². The summed E-state index contributed by atoms with van der Waals surface area (Å²) in [5.74, 6) is 1.90. The fourth-order valence-corrected chi connectivity index (χ4v) is 1.07. The van der Waals surface area contributed by atoms with Gasteiger partial charge in [0, 0.05) is 6.07 Å². The summed E-state index contributed by atoms with van der Waals surface area (Å²) in [7, 11) is 0. The molecule has 0 radical (unpaired) electrons. The fourth-order valence-electron chi connectivity index (χ4n) is 1.07. The summed E-state index contributed by atoms with van der Waals surface area (Å²) in [6.07, 6.45) is 4.97. The lowest BCUT2D eigenvalue weighted by Crippen LogP contribution is -2.29. The van der Waals surface area contributed by atoms with Crippen molar-refractivity contribution in [2.75, 3.05) is 13.2 Å². The smallest absolute Gasteiger partial charge is 0.258 e. The van der Waals surface area contributed by atoms with E-state index in [1.165, 1.54) is 12.1 Å². The number of rotatable bonds is 4. The van der Waals surface area contributed by atoms with Crippen molar-refractivity contribution in [1.82, 2.24) is 5.32 Å². The molecule has 0 unspecified atom stereocenters. The molecule has 0 atom stereocenters. The normalized spacial score (nSPS) is 9.31. The van der Waals surface area contributed by atoms with Crippen LogP contribution >= 0.6 is 0 Å². The van der Waals surface area contributed by atoms with E-state index in [0.717, 1.165) is 5.56 Å². The Labute approximate surface area is 93.6 Å². The number of hydrogen-bond acceptors (Lipinski definition) is 2. The van der Waals surface area contributed by atoms with Crippen LogP contribution in [0, 0.1) is 25.1 Å². The molecule has 1 aromatic carbocycles. The van der Waals surface area contributed by atoms with Crippen molar-refractivity contribution in [3.05, 3.63) is 29.6 Å². The second kappa shape index (κ2) is 5.76. The van der Waals surface area contributed by atoms with Gasteiger partial charge in [0.1, 0.15) is 11.6 Å². The maximum atomic E-state index is 12.9. The molecule has 3 nitrogen and oxygen atoms in total. The average molecular weight is 221 g/mol. The molecule has 1 N–H and O–H groups in total. The molecule has 84 valence electrons. The first-order valence-electron chi connectivity index (χ1n) is 4.72. The van der Waals surface area contributed by atoms with Crippen LogP contribution in [0.5, 0.6) is 5.75 Å². The zero-order valence-corrected chi connectivity index (χ0v) is 8.92. The lowest BCUT2D eigenvalue weighted by atomic mass is 10.2. The molecule has 0 bridgehead atoms. The van der Waals surface area contributed by atoms with Crippen LogP contribution < -0.4 is 10.1 Å². The Morgan fingerprint density at radius 1 is 1.62 bits per heavy atom. The minimum atomic E-state index is -0.398. The minimum Gasteiger partial charge on any atom is -0.483 e. The molecule has 0 saturated heterocycles. The molecular weight excluding hydrogens is 209 g/mol. The van der Waals surface area contributed by atoms with E-state index in [9.17, 15) is 9.18 Å². The number of terminal acetylenes is 1. The fraction of sp³-hybridized carbons (Fsp3) is 0.250. The zero-order valence-electron chi connectivity index (χ0n) is 8.92. The zero-order chi connectivity index (χ0) is 12.0. The number of aryl methyl sites for hydroxylation is 1. The van der Waals surface area contributed by atoms with Gasteiger partial charge in [-0.15, -0.1) is 6.42 Å². The highest BCUT2D eigenvalue weighted by Gasteiger charge is 2.04. The molecule has 0 aromatic heterocycles. The number of carbonyl (C=O) groups excluding carboxylic acids is 1. The molecule has 4 heteroatoms. The van der Waals surface area contributed by atoms with Crippen LogP contribution in [0.2, 0.25) is 0 Å². The summed E-state index contributed by atoms with van der Waals surface area (Å²) >= 11 is 0. The monoisotopic (exact) mass is 221 g/mol. The van der Waals surface area contributed by atoms with E-state index in [-0.39, 0.29) is 19.1 Å². The van der Waals surface area contributed by atoms with Gasteiger partial charge in [0.05, 0.1) is 6.54 Å². The van der Waals surface area contributed by atoms with Crippen LogP contribution in [0.4, 0.5) is 4.39 Å². The van der Waals surface area contributed by atoms with Crippen LogP contribution in [-0.2, 0) is 4.79 Å². The first kappa shape index (κ1) is 12.1. The maximum absolute atomic E-state index is 12.9. The molecular formula is C12H12FNO2. The standard InChI is InChI=1S/C12H12FNO2/c1-3-6-14-12(15)8-16-11-7-10(13)5-4-9(11)2/h1,4-5,7H,6,8H2,2H3,(H,14,15). The molecule has 1 amide bonds. The number of nitrogens with one attached hydrogen (secondary N) is 1. The third kappa shape index (κ3) is 3.62. The number of halogens is 1. The van der Waals surface area contributed by atoms with E-state index in [0.29, 0.717) is 5.75 Å². The van der Waals surface area contributed by atoms with Crippen molar-refractivity contribution >= 4 is 5.91 Å². The topological polar surface area (TPSA) is 38.3 Å². The van der Waals surface area contributed by atoms with Crippen LogP contribution in [0.15, 0.2) is 18.2 Å². The van der Waals surface area contributed by atoms with Crippen LogP contribution in [0.25, 0.3) is 0 Å². The predicted molar refractivity (Wildman–Crippen MR) is 58.5 cm³/mol. The molecule has 0 aliphatic heterocycles. The van der Waals surface area contributed by atoms with Gasteiger partial charge in [-0.3, -0.25) is 4.79 Å². The van der Waals surface area contributed by atoms with Gasteiger partial charge >= 0.3 is 0 Å². The number of hydrogen-bond donors (Lipinski definition) is 1. The number of carbonyl (C=O) groups is 1. The van der Waals surface area contributed by atoms with Gasteiger partial charge in [-0.25, -0.2) is 4.39 Å². The quantitative estimate of drug-likeness (QED) is 0.777. The highest BCUT2D eigenvalue weighted by atomic mass is 19.1. The lowest BCUT2D eigenvalue weighted by molar-refractivity contribution is -0.122. The predicted octanol–water partition coefficient (Wildman–Crippen LogP) is 1.26. The average Bonchev–Trinajstić information content (AvgIpc) is 2.27. The Balaban J connectivity index is 2.51. The summed E-state index contributed by atoms with van der Waals surface area (Å²) < 4.78 is 18.0. The lowest BCUT2D eigenvalue weighted by Gasteiger charge is -2.08. The Hall–Kier alpha value is -2.02. The maximum Gasteiger partial charge on any atom is 0.258 e. The van der Waals surface area contributed by atoms with Gasteiger partial charge in [0.2, 0.25) is 0 Å². The molecule has 0 heterocycles. The molecule has 16 heavy (non-hydrogen) atoms. The Kier molecular flexibility index (Phi) is 4.34. The first-order valence-corrected chi connectivity index (χ1v) is 4.72. The minimum absolute atomic E-state index is 0.157. The summed E-state index contributed by atoms with van der Waals surface area (Å²) in [5, 5.41) is 2.44. The second-order valence-electron chi connectivity index (χ2n) is 3.18. The number of amides is 1. The van der Waals surface area contributed by atoms with E-state index in [1.807, 2.05) is 0 Å². The van der Waals surface area contributed by atoms with Crippen LogP contribution in [-0.4, -0.2) is 19.1 Å². The molecule has 0 aliphatic carbocycles.